The third kappa shape index (κ3) is 4.41. The Hall–Kier alpha value is -2.94. The Balaban J connectivity index is 1.58. The molecule has 0 aromatic heterocycles. The van der Waals surface area contributed by atoms with Crippen LogP contribution < -0.4 is 14.4 Å². The van der Waals surface area contributed by atoms with Crippen molar-refractivity contribution < 1.29 is 37.3 Å². The van der Waals surface area contributed by atoms with E-state index in [1.807, 2.05) is 4.90 Å². The number of phenolic OH excluding ortho intramolecular Hbond substituents is 1. The molecule has 2 aromatic rings. The number of nitrogens with zero attached hydrogens (tertiary/aromatic N) is 1. The van der Waals surface area contributed by atoms with E-state index in [-0.39, 0.29) is 41.6 Å². The zero-order valence-corrected chi connectivity index (χ0v) is 16.9. The molecule has 4 rings (SSSR count). The molecule has 31 heavy (non-hydrogen) atoms. The minimum absolute atomic E-state index is 0.0742. The van der Waals surface area contributed by atoms with Crippen LogP contribution in [0.3, 0.4) is 0 Å². The summed E-state index contributed by atoms with van der Waals surface area (Å²) in [5.41, 5.74) is -1.34. The predicted molar refractivity (Wildman–Crippen MR) is 106 cm³/mol. The Morgan fingerprint density at radius 2 is 1.90 bits per heavy atom. The maximum atomic E-state index is 13.2. The van der Waals surface area contributed by atoms with Gasteiger partial charge in [0, 0.05) is 30.9 Å². The molecule has 0 saturated carbocycles. The topological polar surface area (TPSA) is 68.2 Å². The number of carbonyl (C=O) groups excluding carboxylic acids is 1. The highest BCUT2D eigenvalue weighted by molar-refractivity contribution is 6.03. The van der Waals surface area contributed by atoms with Gasteiger partial charge in [-0.05, 0) is 19.1 Å². The van der Waals surface area contributed by atoms with Crippen molar-refractivity contribution >= 4 is 11.5 Å². The van der Waals surface area contributed by atoms with Crippen LogP contribution in [0.5, 0.6) is 17.2 Å². The molecule has 6 nitrogen and oxygen atoms in total. The lowest BCUT2D eigenvalue weighted by Crippen LogP contribution is -2.44. The Morgan fingerprint density at radius 1 is 1.19 bits per heavy atom. The van der Waals surface area contributed by atoms with E-state index in [0.717, 1.165) is 6.07 Å². The summed E-state index contributed by atoms with van der Waals surface area (Å²) in [7, 11) is 0. The van der Waals surface area contributed by atoms with Gasteiger partial charge in [-0.3, -0.25) is 4.79 Å². The molecule has 2 aliphatic heterocycles. The molecule has 0 amide bonds. The number of halogens is 3. The van der Waals surface area contributed by atoms with Crippen molar-refractivity contribution in [3.05, 3.63) is 47.5 Å². The van der Waals surface area contributed by atoms with Crippen LogP contribution >= 0.6 is 0 Å². The molecule has 1 atom stereocenters. The van der Waals surface area contributed by atoms with E-state index in [1.165, 1.54) is 24.3 Å². The van der Waals surface area contributed by atoms with Crippen molar-refractivity contribution in [1.82, 2.24) is 0 Å². The minimum atomic E-state index is -4.56. The number of morpholine rings is 1. The van der Waals surface area contributed by atoms with Crippen LogP contribution in [0.25, 0.3) is 0 Å². The van der Waals surface area contributed by atoms with E-state index in [4.69, 9.17) is 14.2 Å². The molecule has 166 valence electrons. The van der Waals surface area contributed by atoms with E-state index >= 15 is 0 Å². The average Bonchev–Trinajstić information content (AvgIpc) is 2.72. The molecule has 0 radical (unpaired) electrons. The number of ketones is 1. The maximum Gasteiger partial charge on any atom is 0.419 e. The fourth-order valence-corrected chi connectivity index (χ4v) is 3.82. The third-order valence-electron chi connectivity index (χ3n) is 5.34. The molecule has 2 heterocycles. The Morgan fingerprint density at radius 3 is 2.61 bits per heavy atom. The summed E-state index contributed by atoms with van der Waals surface area (Å²) in [6.07, 6.45) is -4.70. The van der Waals surface area contributed by atoms with Gasteiger partial charge in [0.1, 0.15) is 35.0 Å². The highest BCUT2D eigenvalue weighted by Crippen LogP contribution is 2.42. The number of hydrogen-bond donors (Lipinski definition) is 1. The second-order valence-corrected chi connectivity index (χ2v) is 7.87. The van der Waals surface area contributed by atoms with Crippen molar-refractivity contribution in [3.8, 4) is 17.2 Å². The second-order valence-electron chi connectivity index (χ2n) is 7.87. The summed E-state index contributed by atoms with van der Waals surface area (Å²) in [5, 5.41) is 10.4. The number of para-hydroxylation sites is 1. The quantitative estimate of drug-likeness (QED) is 0.779. The number of phenols is 1. The zero-order chi connectivity index (χ0) is 22.2. The zero-order valence-electron chi connectivity index (χ0n) is 16.9. The third-order valence-corrected chi connectivity index (χ3v) is 5.34. The van der Waals surface area contributed by atoms with Crippen LogP contribution in [0.2, 0.25) is 0 Å². The summed E-state index contributed by atoms with van der Waals surface area (Å²) < 4.78 is 56.5. The van der Waals surface area contributed by atoms with Crippen molar-refractivity contribution in [2.75, 3.05) is 37.8 Å². The lowest BCUT2D eigenvalue weighted by molar-refractivity contribution is -0.139. The smallest absolute Gasteiger partial charge is 0.419 e. The van der Waals surface area contributed by atoms with Crippen LogP contribution in [-0.2, 0) is 10.9 Å². The molecule has 1 N–H and O–H groups in total. The Labute approximate surface area is 177 Å². The summed E-state index contributed by atoms with van der Waals surface area (Å²) in [6, 6.07) is 8.08. The van der Waals surface area contributed by atoms with Crippen molar-refractivity contribution in [2.45, 2.75) is 25.1 Å². The van der Waals surface area contributed by atoms with Crippen LogP contribution in [-0.4, -0.2) is 49.4 Å². The molecule has 2 aromatic carbocycles. The molecule has 0 spiro atoms. The normalized spacial score (nSPS) is 21.4. The van der Waals surface area contributed by atoms with Gasteiger partial charge in [-0.2, -0.15) is 13.2 Å². The average molecular weight is 437 g/mol. The van der Waals surface area contributed by atoms with Crippen LogP contribution in [0.1, 0.15) is 29.3 Å². The first-order chi connectivity index (χ1) is 14.7. The highest BCUT2D eigenvalue weighted by atomic mass is 19.4. The molecule has 1 fully saturated rings. The van der Waals surface area contributed by atoms with Gasteiger partial charge in [0.25, 0.3) is 0 Å². The van der Waals surface area contributed by atoms with Gasteiger partial charge >= 0.3 is 6.18 Å². The Bertz CT molecular complexity index is 988. The number of benzene rings is 2. The second kappa shape index (κ2) is 7.96. The predicted octanol–water partition coefficient (Wildman–Crippen LogP) is 4.05. The van der Waals surface area contributed by atoms with Gasteiger partial charge in [-0.15, -0.1) is 0 Å². The lowest BCUT2D eigenvalue weighted by atomic mass is 9.91. The molecular weight excluding hydrogens is 415 g/mol. The van der Waals surface area contributed by atoms with Crippen LogP contribution in [0.4, 0.5) is 18.9 Å². The standard InChI is InChI=1S/C22H22F3NO5/c1-21(13-30-18-5-3-2-4-15(18)22(23,24)25)12-17(28)20-16(27)10-14(11-19(20)31-21)26-6-8-29-9-7-26/h2-5,10-11,27H,6-9,12-13H2,1H3. The Kier molecular flexibility index (Phi) is 5.47. The van der Waals surface area contributed by atoms with E-state index in [9.17, 15) is 23.1 Å². The molecular formula is C22H22F3NO5. The first kappa shape index (κ1) is 21.3. The van der Waals surface area contributed by atoms with E-state index in [2.05, 4.69) is 0 Å². The molecule has 0 aliphatic carbocycles. The minimum Gasteiger partial charge on any atom is -0.507 e. The van der Waals surface area contributed by atoms with Gasteiger partial charge in [-0.25, -0.2) is 0 Å². The summed E-state index contributed by atoms with van der Waals surface area (Å²) in [4.78, 5) is 14.7. The van der Waals surface area contributed by atoms with Gasteiger partial charge in [0.2, 0.25) is 0 Å². The molecule has 0 bridgehead atoms. The number of ether oxygens (including phenoxy) is 3. The number of fused-ring (bicyclic) bond motifs is 1. The maximum absolute atomic E-state index is 13.2. The summed E-state index contributed by atoms with van der Waals surface area (Å²) in [5.74, 6) is -0.687. The molecule has 9 heteroatoms. The van der Waals surface area contributed by atoms with Gasteiger partial charge in [0.15, 0.2) is 5.78 Å². The first-order valence-corrected chi connectivity index (χ1v) is 9.87. The monoisotopic (exact) mass is 437 g/mol. The number of carbonyl (C=O) groups is 1. The van der Waals surface area contributed by atoms with Gasteiger partial charge in [-0.1, -0.05) is 12.1 Å². The fourth-order valence-electron chi connectivity index (χ4n) is 3.82. The molecule has 1 unspecified atom stereocenters. The number of anilines is 1. The van der Waals surface area contributed by atoms with Crippen LogP contribution in [0, 0.1) is 0 Å². The number of aromatic hydroxyl groups is 1. The van der Waals surface area contributed by atoms with Crippen LogP contribution in [0.15, 0.2) is 36.4 Å². The first-order valence-electron chi connectivity index (χ1n) is 9.87. The van der Waals surface area contributed by atoms with Gasteiger partial charge < -0.3 is 24.2 Å². The van der Waals surface area contributed by atoms with E-state index < -0.39 is 17.3 Å². The number of rotatable bonds is 4. The molecule has 2 aliphatic rings. The summed E-state index contributed by atoms with van der Waals surface area (Å²) >= 11 is 0. The SMILES string of the molecule is CC1(COc2ccccc2C(F)(F)F)CC(=O)c2c(O)cc(N3CCOCC3)cc2O1. The highest BCUT2D eigenvalue weighted by Gasteiger charge is 2.40. The fraction of sp³-hybridized carbons (Fsp3) is 0.409. The van der Waals surface area contributed by atoms with E-state index in [1.54, 1.807) is 13.0 Å². The summed E-state index contributed by atoms with van der Waals surface area (Å²) in [6.45, 7) is 3.67. The van der Waals surface area contributed by atoms with Crippen molar-refractivity contribution in [1.29, 1.82) is 0 Å². The number of Topliss-reactive ketones (excluding diaryl/α,β-unsaturated/α-hetero) is 1. The largest absolute Gasteiger partial charge is 0.507 e. The molecule has 1 saturated heterocycles. The van der Waals surface area contributed by atoms with Crippen molar-refractivity contribution in [2.24, 2.45) is 0 Å². The van der Waals surface area contributed by atoms with Gasteiger partial charge in [0.05, 0.1) is 25.2 Å². The van der Waals surface area contributed by atoms with Crippen molar-refractivity contribution in [3.63, 3.8) is 0 Å². The van der Waals surface area contributed by atoms with E-state index in [0.29, 0.717) is 32.0 Å². The number of alkyl halides is 3. The lowest BCUT2D eigenvalue weighted by Gasteiger charge is -2.36. The number of hydrogen-bond acceptors (Lipinski definition) is 6.